The highest BCUT2D eigenvalue weighted by Crippen LogP contribution is 2.21. The molecule has 22 heavy (non-hydrogen) atoms. The van der Waals surface area contributed by atoms with Crippen LogP contribution in [-0.4, -0.2) is 33.7 Å². The zero-order valence-electron chi connectivity index (χ0n) is 12.5. The highest BCUT2D eigenvalue weighted by Gasteiger charge is 2.21. The van der Waals surface area contributed by atoms with Crippen molar-refractivity contribution in [1.29, 1.82) is 0 Å². The zero-order valence-corrected chi connectivity index (χ0v) is 13.2. The van der Waals surface area contributed by atoms with E-state index in [0.29, 0.717) is 10.7 Å². The number of ether oxygens (including phenoxy) is 1. The summed E-state index contributed by atoms with van der Waals surface area (Å²) >= 11 is 5.98. The maximum absolute atomic E-state index is 12.2. The van der Waals surface area contributed by atoms with E-state index in [9.17, 15) is 4.79 Å². The van der Waals surface area contributed by atoms with Crippen LogP contribution in [0, 0.1) is 6.92 Å². The Kier molecular flexibility index (Phi) is 4.34. The quantitative estimate of drug-likeness (QED) is 0.870. The fraction of sp³-hybridized carbons (Fsp3) is 0.375. The summed E-state index contributed by atoms with van der Waals surface area (Å²) in [5, 5.41) is 5.00. The Bertz CT molecular complexity index is 678. The Hall–Kier alpha value is -2.01. The van der Waals surface area contributed by atoms with Gasteiger partial charge in [0.2, 0.25) is 0 Å². The number of nitrogens with zero attached hydrogens (tertiary/aromatic N) is 3. The minimum absolute atomic E-state index is 0.00131. The lowest BCUT2D eigenvalue weighted by molar-refractivity contribution is 0.0785. The molecule has 0 N–H and O–H groups in total. The monoisotopic (exact) mass is 319 g/mol. The summed E-state index contributed by atoms with van der Waals surface area (Å²) in [5.41, 5.74) is 1.43. The normalized spacial score (nSPS) is 14.4. The van der Waals surface area contributed by atoms with Crippen LogP contribution in [0.4, 0.5) is 0 Å². The molecule has 1 aliphatic rings. The third-order valence-electron chi connectivity index (χ3n) is 3.75. The van der Waals surface area contributed by atoms with Gasteiger partial charge >= 0.3 is 0 Å². The second kappa shape index (κ2) is 6.40. The summed E-state index contributed by atoms with van der Waals surface area (Å²) < 4.78 is 7.28. The van der Waals surface area contributed by atoms with E-state index < -0.39 is 0 Å². The number of carbonyl (C=O) groups is 1. The van der Waals surface area contributed by atoms with Gasteiger partial charge in [-0.15, -0.1) is 0 Å². The molecule has 1 aromatic heterocycles. The summed E-state index contributed by atoms with van der Waals surface area (Å²) in [4.78, 5) is 14.1. The minimum atomic E-state index is -0.00131. The molecule has 1 aromatic carbocycles. The molecule has 1 amide bonds. The zero-order chi connectivity index (χ0) is 15.5. The van der Waals surface area contributed by atoms with Crippen LogP contribution in [0.2, 0.25) is 5.02 Å². The topological polar surface area (TPSA) is 47.4 Å². The molecule has 1 fully saturated rings. The first-order valence-corrected chi connectivity index (χ1v) is 7.73. The average molecular weight is 320 g/mol. The van der Waals surface area contributed by atoms with E-state index in [-0.39, 0.29) is 12.6 Å². The Morgan fingerprint density at radius 1 is 1.32 bits per heavy atom. The number of rotatable bonds is 4. The first-order chi connectivity index (χ1) is 10.6. The molecule has 0 unspecified atom stereocenters. The van der Waals surface area contributed by atoms with Gasteiger partial charge < -0.3 is 9.64 Å². The van der Waals surface area contributed by atoms with Crippen molar-refractivity contribution in [2.45, 2.75) is 26.5 Å². The highest BCUT2D eigenvalue weighted by atomic mass is 35.5. The largest absolute Gasteiger partial charge is 0.471 e. The van der Waals surface area contributed by atoms with Crippen molar-refractivity contribution >= 4 is 17.5 Å². The van der Waals surface area contributed by atoms with Gasteiger partial charge in [-0.05, 0) is 49.6 Å². The van der Waals surface area contributed by atoms with Crippen LogP contribution in [0.5, 0.6) is 5.75 Å². The lowest BCUT2D eigenvalue weighted by Gasteiger charge is -2.13. The molecule has 3 rings (SSSR count). The number of hydrogen-bond acceptors (Lipinski definition) is 3. The Morgan fingerprint density at radius 3 is 2.82 bits per heavy atom. The summed E-state index contributed by atoms with van der Waals surface area (Å²) in [6.45, 7) is 3.84. The van der Waals surface area contributed by atoms with Gasteiger partial charge in [0, 0.05) is 24.3 Å². The SMILES string of the molecule is Cc1cc(OCn2ccc(C(=O)N3CCCC3)n2)ccc1Cl. The summed E-state index contributed by atoms with van der Waals surface area (Å²) in [6.07, 6.45) is 3.91. The highest BCUT2D eigenvalue weighted by molar-refractivity contribution is 6.31. The predicted octanol–water partition coefficient (Wildman–Crippen LogP) is 3.12. The molecular weight excluding hydrogens is 302 g/mol. The summed E-state index contributed by atoms with van der Waals surface area (Å²) in [5.74, 6) is 0.725. The number of likely N-dealkylation sites (tertiary alicyclic amines) is 1. The van der Waals surface area contributed by atoms with E-state index >= 15 is 0 Å². The Labute approximate surface area is 134 Å². The number of carbonyl (C=O) groups excluding carboxylic acids is 1. The van der Waals surface area contributed by atoms with Crippen LogP contribution in [0.15, 0.2) is 30.5 Å². The van der Waals surface area contributed by atoms with E-state index in [1.165, 1.54) is 0 Å². The van der Waals surface area contributed by atoms with E-state index in [0.717, 1.165) is 37.2 Å². The van der Waals surface area contributed by atoms with Crippen molar-refractivity contribution in [2.75, 3.05) is 13.1 Å². The molecule has 5 nitrogen and oxygen atoms in total. The van der Waals surface area contributed by atoms with Gasteiger partial charge in [0.15, 0.2) is 12.4 Å². The van der Waals surface area contributed by atoms with E-state index in [2.05, 4.69) is 5.10 Å². The lowest BCUT2D eigenvalue weighted by atomic mass is 10.2. The van der Waals surface area contributed by atoms with Crippen LogP contribution in [0.3, 0.4) is 0 Å². The molecule has 116 valence electrons. The third kappa shape index (κ3) is 3.25. The molecule has 2 aromatic rings. The first-order valence-electron chi connectivity index (χ1n) is 7.35. The van der Waals surface area contributed by atoms with Crippen LogP contribution in [0.1, 0.15) is 28.9 Å². The number of benzene rings is 1. The first kappa shape index (κ1) is 14.9. The summed E-state index contributed by atoms with van der Waals surface area (Å²) in [7, 11) is 0. The smallest absolute Gasteiger partial charge is 0.274 e. The van der Waals surface area contributed by atoms with Gasteiger partial charge in [-0.3, -0.25) is 4.79 Å². The molecule has 0 radical (unpaired) electrons. The standard InChI is InChI=1S/C16H18ClN3O2/c1-12-10-13(4-5-14(12)17)22-11-20-9-6-15(18-20)16(21)19-7-2-3-8-19/h4-6,9-10H,2-3,7-8,11H2,1H3. The van der Waals surface area contributed by atoms with Crippen LogP contribution in [-0.2, 0) is 6.73 Å². The number of aryl methyl sites for hydroxylation is 1. The van der Waals surface area contributed by atoms with Gasteiger partial charge in [0.05, 0.1) is 0 Å². The summed E-state index contributed by atoms with van der Waals surface area (Å²) in [6, 6.07) is 7.23. The molecule has 0 bridgehead atoms. The number of amides is 1. The minimum Gasteiger partial charge on any atom is -0.471 e. The third-order valence-corrected chi connectivity index (χ3v) is 4.17. The van der Waals surface area contributed by atoms with Gasteiger partial charge in [-0.2, -0.15) is 5.10 Å². The van der Waals surface area contributed by atoms with Crippen LogP contribution >= 0.6 is 11.6 Å². The van der Waals surface area contributed by atoms with Crippen molar-refractivity contribution in [3.63, 3.8) is 0 Å². The van der Waals surface area contributed by atoms with Crippen LogP contribution < -0.4 is 4.74 Å². The fourth-order valence-electron chi connectivity index (χ4n) is 2.48. The predicted molar refractivity (Wildman–Crippen MR) is 84.2 cm³/mol. The van der Waals surface area contributed by atoms with E-state index in [1.807, 2.05) is 24.0 Å². The average Bonchev–Trinajstić information content (AvgIpc) is 3.19. The number of aromatic nitrogens is 2. The molecular formula is C16H18ClN3O2. The van der Waals surface area contributed by atoms with Crippen LogP contribution in [0.25, 0.3) is 0 Å². The fourth-order valence-corrected chi connectivity index (χ4v) is 2.60. The van der Waals surface area contributed by atoms with Gasteiger partial charge in [0.1, 0.15) is 5.75 Å². The molecule has 6 heteroatoms. The molecule has 0 spiro atoms. The molecule has 0 aliphatic carbocycles. The van der Waals surface area contributed by atoms with E-state index in [1.54, 1.807) is 23.0 Å². The lowest BCUT2D eigenvalue weighted by Crippen LogP contribution is -2.28. The van der Waals surface area contributed by atoms with Crippen molar-refractivity contribution in [3.8, 4) is 5.75 Å². The Morgan fingerprint density at radius 2 is 2.09 bits per heavy atom. The van der Waals surface area contributed by atoms with Crippen molar-refractivity contribution in [1.82, 2.24) is 14.7 Å². The second-order valence-electron chi connectivity index (χ2n) is 5.42. The van der Waals surface area contributed by atoms with Crippen molar-refractivity contribution in [3.05, 3.63) is 46.7 Å². The number of halogens is 1. The second-order valence-corrected chi connectivity index (χ2v) is 5.83. The van der Waals surface area contributed by atoms with Gasteiger partial charge in [-0.1, -0.05) is 11.6 Å². The molecule has 0 saturated carbocycles. The molecule has 2 heterocycles. The van der Waals surface area contributed by atoms with Gasteiger partial charge in [0.25, 0.3) is 5.91 Å². The maximum atomic E-state index is 12.2. The van der Waals surface area contributed by atoms with E-state index in [4.69, 9.17) is 16.3 Å². The number of hydrogen-bond donors (Lipinski definition) is 0. The molecule has 1 saturated heterocycles. The van der Waals surface area contributed by atoms with Crippen molar-refractivity contribution < 1.29 is 9.53 Å². The Balaban J connectivity index is 1.61. The maximum Gasteiger partial charge on any atom is 0.274 e. The molecule has 0 atom stereocenters. The van der Waals surface area contributed by atoms with Gasteiger partial charge in [-0.25, -0.2) is 4.68 Å². The van der Waals surface area contributed by atoms with Crippen molar-refractivity contribution in [2.24, 2.45) is 0 Å². The molecule has 1 aliphatic heterocycles.